The van der Waals surface area contributed by atoms with Gasteiger partial charge in [-0.25, -0.2) is 0 Å². The number of carbonyl (C=O) groups excluding carboxylic acids is 1. The Morgan fingerprint density at radius 1 is 1.48 bits per heavy atom. The average molecular weight is 483 g/mol. The lowest BCUT2D eigenvalue weighted by Crippen LogP contribution is -2.17. The number of carbonyl (C=O) groups is 1. The van der Waals surface area contributed by atoms with Gasteiger partial charge in [0.2, 0.25) is 0 Å². The molecule has 0 unspecified atom stereocenters. The molecule has 1 aromatic rings. The molecule has 2 atom stereocenters. The van der Waals surface area contributed by atoms with Crippen LogP contribution in [0, 0.1) is 29.6 Å². The minimum Gasteiger partial charge on any atom is -0.460 e. The predicted octanol–water partition coefficient (Wildman–Crippen LogP) is 5.09. The van der Waals surface area contributed by atoms with Crippen LogP contribution in [0.2, 0.25) is 0 Å². The van der Waals surface area contributed by atoms with Crippen molar-refractivity contribution in [2.45, 2.75) is 33.2 Å². The van der Waals surface area contributed by atoms with Crippen molar-refractivity contribution in [3.8, 4) is 12.3 Å². The van der Waals surface area contributed by atoms with Gasteiger partial charge in [0.1, 0.15) is 12.3 Å². The van der Waals surface area contributed by atoms with Gasteiger partial charge in [-0.1, -0.05) is 25.8 Å². The summed E-state index contributed by atoms with van der Waals surface area (Å²) in [7, 11) is 0. The van der Waals surface area contributed by atoms with Gasteiger partial charge in [0.05, 0.1) is 15.9 Å². The van der Waals surface area contributed by atoms with Crippen molar-refractivity contribution in [1.29, 1.82) is 0 Å². The molecule has 2 rings (SSSR count). The maximum atomic E-state index is 13.2. The number of allylic oxidation sites excluding steroid dienone is 1. The van der Waals surface area contributed by atoms with Gasteiger partial charge in [-0.15, -0.1) is 6.42 Å². The Balaban J connectivity index is 2.11. The first-order chi connectivity index (χ1) is 11.5. The van der Waals surface area contributed by atoms with E-state index in [1.165, 1.54) is 12.3 Å². The topological polar surface area (TPSA) is 31.2 Å². The van der Waals surface area contributed by atoms with E-state index in [9.17, 15) is 18.0 Å². The monoisotopic (exact) mass is 481 g/mol. The second kappa shape index (κ2) is 7.20. The van der Waals surface area contributed by atoms with Crippen molar-refractivity contribution in [3.05, 3.63) is 33.0 Å². The predicted molar refractivity (Wildman–Crippen MR) is 94.8 cm³/mol. The highest BCUT2D eigenvalue weighted by Gasteiger charge is 2.61. The fourth-order valence-corrected chi connectivity index (χ4v) is 3.59. The summed E-state index contributed by atoms with van der Waals surface area (Å²) in [4.78, 5) is 12.3. The molecule has 0 aliphatic heterocycles. The molecule has 0 bridgehead atoms. The Labute approximate surface area is 160 Å². The van der Waals surface area contributed by atoms with E-state index in [0.29, 0.717) is 0 Å². The Kier molecular flexibility index (Phi) is 5.79. The van der Waals surface area contributed by atoms with Crippen molar-refractivity contribution in [1.82, 2.24) is 4.57 Å². The highest BCUT2D eigenvalue weighted by atomic mass is 79.9. The molecule has 0 amide bonds. The first kappa shape index (κ1) is 20.1. The van der Waals surface area contributed by atoms with Crippen LogP contribution >= 0.6 is 31.9 Å². The third kappa shape index (κ3) is 4.32. The van der Waals surface area contributed by atoms with Crippen molar-refractivity contribution in [3.63, 3.8) is 0 Å². The number of rotatable bonds is 5. The van der Waals surface area contributed by atoms with Crippen LogP contribution in [-0.2, 0) is 28.9 Å². The van der Waals surface area contributed by atoms with Crippen LogP contribution in [0.3, 0.4) is 0 Å². The minimum atomic E-state index is -4.58. The maximum Gasteiger partial charge on any atom is 0.431 e. The maximum absolute atomic E-state index is 13.2. The molecule has 1 heterocycles. The van der Waals surface area contributed by atoms with Crippen LogP contribution in [0.15, 0.2) is 21.7 Å². The van der Waals surface area contributed by atoms with Crippen LogP contribution in [-0.4, -0.2) is 10.5 Å². The number of esters is 1. The van der Waals surface area contributed by atoms with Crippen molar-refractivity contribution in [2.75, 3.05) is 0 Å². The molecule has 136 valence electrons. The number of hydrogen-bond donors (Lipinski definition) is 0. The molecule has 3 nitrogen and oxygen atoms in total. The highest BCUT2D eigenvalue weighted by molar-refractivity contribution is 9.28. The fourth-order valence-electron chi connectivity index (χ4n) is 3.02. The smallest absolute Gasteiger partial charge is 0.431 e. The lowest BCUT2D eigenvalue weighted by atomic mass is 10.1. The van der Waals surface area contributed by atoms with Crippen LogP contribution in [0.1, 0.15) is 25.1 Å². The second-order valence-electron chi connectivity index (χ2n) is 6.41. The third-order valence-corrected chi connectivity index (χ3v) is 4.95. The van der Waals surface area contributed by atoms with Crippen molar-refractivity contribution < 1.29 is 22.7 Å². The van der Waals surface area contributed by atoms with E-state index in [0.717, 1.165) is 7.96 Å². The lowest BCUT2D eigenvalue weighted by Gasteiger charge is -2.13. The summed E-state index contributed by atoms with van der Waals surface area (Å²) in [5.41, 5.74) is -1.29. The van der Waals surface area contributed by atoms with E-state index in [2.05, 4.69) is 37.8 Å². The average Bonchev–Trinajstić information content (AvgIpc) is 2.81. The number of hydrogen-bond acceptors (Lipinski definition) is 2. The Hall–Kier alpha value is -1.20. The van der Waals surface area contributed by atoms with Crippen LogP contribution < -0.4 is 0 Å². The largest absolute Gasteiger partial charge is 0.460 e. The minimum absolute atomic E-state index is 0.0399. The molecule has 8 heteroatoms. The molecule has 1 aliphatic rings. The van der Waals surface area contributed by atoms with E-state index in [-0.39, 0.29) is 29.4 Å². The number of halogens is 5. The van der Waals surface area contributed by atoms with Gasteiger partial charge >= 0.3 is 12.1 Å². The van der Waals surface area contributed by atoms with Crippen LogP contribution in [0.4, 0.5) is 13.2 Å². The zero-order valence-corrected chi connectivity index (χ0v) is 16.7. The van der Waals surface area contributed by atoms with E-state index in [4.69, 9.17) is 11.2 Å². The van der Waals surface area contributed by atoms with Gasteiger partial charge in [-0.3, -0.25) is 4.79 Å². The summed E-state index contributed by atoms with van der Waals surface area (Å²) < 4.78 is 46.5. The van der Waals surface area contributed by atoms with Gasteiger partial charge in [0, 0.05) is 11.8 Å². The zero-order valence-electron chi connectivity index (χ0n) is 13.5. The molecule has 0 saturated heterocycles. The lowest BCUT2D eigenvalue weighted by molar-refractivity contribution is -0.151. The molecule has 0 N–H and O–H groups in total. The summed E-state index contributed by atoms with van der Waals surface area (Å²) in [6, 6.07) is 1.28. The summed E-state index contributed by atoms with van der Waals surface area (Å²) in [6.45, 7) is 3.18. The van der Waals surface area contributed by atoms with Gasteiger partial charge in [0.25, 0.3) is 0 Å². The third-order valence-electron chi connectivity index (χ3n) is 4.42. The molecule has 0 aromatic carbocycles. The molecule has 1 aromatic heterocycles. The normalized spacial score (nSPS) is 21.4. The summed E-state index contributed by atoms with van der Waals surface area (Å²) >= 11 is 6.50. The van der Waals surface area contributed by atoms with Crippen LogP contribution in [0.25, 0.3) is 0 Å². The van der Waals surface area contributed by atoms with Crippen molar-refractivity contribution >= 4 is 37.8 Å². The number of aromatic nitrogens is 1. The molecule has 1 aliphatic carbocycles. The van der Waals surface area contributed by atoms with Gasteiger partial charge in [0.15, 0.2) is 0 Å². The fraction of sp³-hybridized carbons (Fsp3) is 0.471. The van der Waals surface area contributed by atoms with E-state index in [1.54, 1.807) is 0 Å². The standard InChI is InChI=1S/C17H16Br2F3NO2/c1-4-6-23-7-5-10(14(23)17(20,21)22)9-25-15(24)13-11(8-12(18)19)16(13,2)3/h1,5,7-8,11,13H,6,9H2,2-3H3/t11-,13-/m1/s1. The molecular formula is C17H16Br2F3NO2. The van der Waals surface area contributed by atoms with E-state index in [1.807, 2.05) is 19.9 Å². The molecule has 0 radical (unpaired) electrons. The van der Waals surface area contributed by atoms with Gasteiger partial charge in [-0.2, -0.15) is 13.2 Å². The van der Waals surface area contributed by atoms with E-state index < -0.39 is 24.4 Å². The van der Waals surface area contributed by atoms with E-state index >= 15 is 0 Å². The Morgan fingerprint density at radius 2 is 2.12 bits per heavy atom. The number of nitrogens with zero attached hydrogens (tertiary/aromatic N) is 1. The van der Waals surface area contributed by atoms with Crippen LogP contribution in [0.5, 0.6) is 0 Å². The first-order valence-corrected chi connectivity index (χ1v) is 8.97. The summed E-state index contributed by atoms with van der Waals surface area (Å²) in [5.74, 6) is 1.24. The highest BCUT2D eigenvalue weighted by Crippen LogP contribution is 2.60. The molecule has 0 spiro atoms. The molecular weight excluding hydrogens is 467 g/mol. The zero-order chi connectivity index (χ0) is 19.0. The SMILES string of the molecule is C#CCn1ccc(COC(=O)[C@H]2[C@@H](C=C(Br)Br)C2(C)C)c1C(F)(F)F. The first-order valence-electron chi connectivity index (χ1n) is 7.38. The number of alkyl halides is 3. The molecule has 25 heavy (non-hydrogen) atoms. The molecule has 1 fully saturated rings. The summed E-state index contributed by atoms with van der Waals surface area (Å²) in [5, 5.41) is 0. The second-order valence-corrected chi connectivity index (χ2v) is 9.18. The van der Waals surface area contributed by atoms with Gasteiger partial charge in [-0.05, 0) is 49.3 Å². The Morgan fingerprint density at radius 3 is 2.64 bits per heavy atom. The Bertz CT molecular complexity index is 740. The quantitative estimate of drug-likeness (QED) is 0.432. The van der Waals surface area contributed by atoms with Gasteiger partial charge < -0.3 is 9.30 Å². The molecule has 1 saturated carbocycles. The number of terminal acetylenes is 1. The number of ether oxygens (including phenoxy) is 1. The van der Waals surface area contributed by atoms with Crippen molar-refractivity contribution in [2.24, 2.45) is 17.3 Å². The summed E-state index contributed by atoms with van der Waals surface area (Å²) in [6.07, 6.45) is 3.62.